The molecule has 0 aromatic heterocycles. The summed E-state index contributed by atoms with van der Waals surface area (Å²) in [6, 6.07) is 0. The zero-order valence-electron chi connectivity index (χ0n) is 10.5. The molecule has 0 aliphatic heterocycles. The Hall–Kier alpha value is 0.170. The maximum absolute atomic E-state index is 11.0. The molecule has 0 spiro atoms. The van der Waals surface area contributed by atoms with Crippen LogP contribution in [0.4, 0.5) is 0 Å². The highest BCUT2D eigenvalue weighted by atomic mass is 33.1. The van der Waals surface area contributed by atoms with Gasteiger partial charge in [0.05, 0.1) is 0 Å². The van der Waals surface area contributed by atoms with E-state index in [-0.39, 0.29) is 5.97 Å². The zero-order chi connectivity index (χ0) is 12.1. The van der Waals surface area contributed by atoms with Gasteiger partial charge in [-0.1, -0.05) is 54.7 Å². The van der Waals surface area contributed by atoms with E-state index in [0.717, 1.165) is 12.2 Å². The third-order valence-electron chi connectivity index (χ3n) is 2.05. The Balaban J connectivity index is 3.01. The molecule has 0 radical (unpaired) electrons. The lowest BCUT2D eigenvalue weighted by molar-refractivity contribution is -0.142. The fourth-order valence-corrected chi connectivity index (χ4v) is 3.15. The van der Waals surface area contributed by atoms with Crippen LogP contribution < -0.4 is 0 Å². The average molecular weight is 264 g/mol. The summed E-state index contributed by atoms with van der Waals surface area (Å²) in [4.78, 5) is 11.0. The van der Waals surface area contributed by atoms with E-state index in [1.165, 1.54) is 31.4 Å². The third-order valence-corrected chi connectivity index (χ3v) is 4.50. The fourth-order valence-electron chi connectivity index (χ4n) is 1.17. The highest BCUT2D eigenvalue weighted by Crippen LogP contribution is 2.22. The van der Waals surface area contributed by atoms with Crippen LogP contribution in [0, 0.1) is 0 Å². The van der Waals surface area contributed by atoms with Gasteiger partial charge in [-0.3, -0.25) is 4.79 Å². The molecule has 2 nitrogen and oxygen atoms in total. The molecule has 0 aliphatic rings. The summed E-state index contributed by atoms with van der Waals surface area (Å²) >= 11 is 0. The molecule has 0 aromatic carbocycles. The van der Waals surface area contributed by atoms with E-state index < -0.39 is 0 Å². The summed E-state index contributed by atoms with van der Waals surface area (Å²) in [5, 5.41) is 0. The van der Waals surface area contributed by atoms with Crippen molar-refractivity contribution in [2.75, 3.05) is 18.1 Å². The summed E-state index contributed by atoms with van der Waals surface area (Å²) in [6.07, 6.45) is 6.72. The van der Waals surface area contributed by atoms with E-state index in [1.807, 2.05) is 28.5 Å². The smallest absolute Gasteiger partial charge is 0.305 e. The van der Waals surface area contributed by atoms with Crippen LogP contribution in [0.25, 0.3) is 0 Å². The molecule has 0 atom stereocenters. The second-order valence-electron chi connectivity index (χ2n) is 3.68. The summed E-state index contributed by atoms with van der Waals surface area (Å²) in [5.74, 6) is 2.07. The molecule has 0 saturated heterocycles. The SMILES string of the molecule is CCCCCCSSCCOC(=O)CCC. The van der Waals surface area contributed by atoms with Crippen LogP contribution in [0.3, 0.4) is 0 Å². The number of carbonyl (C=O) groups is 1. The van der Waals surface area contributed by atoms with E-state index >= 15 is 0 Å². The number of esters is 1. The molecule has 96 valence electrons. The lowest BCUT2D eigenvalue weighted by Gasteiger charge is -2.03. The highest BCUT2D eigenvalue weighted by Gasteiger charge is 1.99. The quantitative estimate of drug-likeness (QED) is 0.316. The van der Waals surface area contributed by atoms with Gasteiger partial charge in [-0.15, -0.1) is 0 Å². The standard InChI is InChI=1S/C12H24O2S2/c1-3-5-6-7-10-15-16-11-9-14-12(13)8-4-2/h3-11H2,1-2H3. The van der Waals surface area contributed by atoms with Crippen molar-refractivity contribution in [3.63, 3.8) is 0 Å². The Morgan fingerprint density at radius 3 is 2.44 bits per heavy atom. The fraction of sp³-hybridized carbons (Fsp3) is 0.917. The Morgan fingerprint density at radius 1 is 1.00 bits per heavy atom. The van der Waals surface area contributed by atoms with E-state index in [0.29, 0.717) is 13.0 Å². The van der Waals surface area contributed by atoms with Crippen molar-refractivity contribution in [3.8, 4) is 0 Å². The minimum Gasteiger partial charge on any atom is -0.465 e. The molecule has 0 saturated carbocycles. The van der Waals surface area contributed by atoms with Gasteiger partial charge >= 0.3 is 5.97 Å². The van der Waals surface area contributed by atoms with Gasteiger partial charge in [-0.25, -0.2) is 0 Å². The first-order chi connectivity index (χ1) is 7.81. The average Bonchev–Trinajstić information content (AvgIpc) is 2.27. The Kier molecular flexibility index (Phi) is 13.4. The van der Waals surface area contributed by atoms with Crippen LogP contribution >= 0.6 is 21.6 Å². The first-order valence-electron chi connectivity index (χ1n) is 6.21. The predicted octanol–water partition coefficient (Wildman–Crippen LogP) is 4.29. The molecule has 0 bridgehead atoms. The summed E-state index contributed by atoms with van der Waals surface area (Å²) in [6.45, 7) is 4.78. The topological polar surface area (TPSA) is 26.3 Å². The summed E-state index contributed by atoms with van der Waals surface area (Å²) in [7, 11) is 3.70. The van der Waals surface area contributed by atoms with Gasteiger partial charge in [0.25, 0.3) is 0 Å². The molecule has 0 rings (SSSR count). The van der Waals surface area contributed by atoms with Crippen molar-refractivity contribution < 1.29 is 9.53 Å². The van der Waals surface area contributed by atoms with E-state index in [2.05, 4.69) is 6.92 Å². The van der Waals surface area contributed by atoms with E-state index in [1.54, 1.807) is 0 Å². The maximum Gasteiger partial charge on any atom is 0.305 e. The van der Waals surface area contributed by atoms with Gasteiger partial charge in [-0.05, 0) is 12.8 Å². The number of hydrogen-bond donors (Lipinski definition) is 0. The van der Waals surface area contributed by atoms with Crippen molar-refractivity contribution in [2.24, 2.45) is 0 Å². The second-order valence-corrected chi connectivity index (χ2v) is 6.38. The molecular formula is C12H24O2S2. The molecule has 0 aromatic rings. The van der Waals surface area contributed by atoms with Crippen molar-refractivity contribution in [2.45, 2.75) is 52.4 Å². The summed E-state index contributed by atoms with van der Waals surface area (Å²) < 4.78 is 5.05. The highest BCUT2D eigenvalue weighted by molar-refractivity contribution is 8.76. The Labute approximate surface area is 108 Å². The molecule has 16 heavy (non-hydrogen) atoms. The molecule has 0 aliphatic carbocycles. The van der Waals surface area contributed by atoms with Gasteiger partial charge in [0, 0.05) is 17.9 Å². The first kappa shape index (κ1) is 16.2. The lowest BCUT2D eigenvalue weighted by Crippen LogP contribution is -2.06. The number of hydrogen-bond acceptors (Lipinski definition) is 4. The summed E-state index contributed by atoms with van der Waals surface area (Å²) in [5.41, 5.74) is 0. The molecule has 0 unspecified atom stereocenters. The molecule has 0 N–H and O–H groups in total. The van der Waals surface area contributed by atoms with Crippen molar-refractivity contribution >= 4 is 27.6 Å². The van der Waals surface area contributed by atoms with Gasteiger partial charge in [-0.2, -0.15) is 0 Å². The van der Waals surface area contributed by atoms with Gasteiger partial charge in [0.15, 0.2) is 0 Å². The monoisotopic (exact) mass is 264 g/mol. The van der Waals surface area contributed by atoms with Crippen molar-refractivity contribution in [1.29, 1.82) is 0 Å². The van der Waals surface area contributed by atoms with Gasteiger partial charge in [0.2, 0.25) is 0 Å². The lowest BCUT2D eigenvalue weighted by atomic mass is 10.2. The first-order valence-corrected chi connectivity index (χ1v) is 8.70. The predicted molar refractivity (Wildman–Crippen MR) is 74.9 cm³/mol. The van der Waals surface area contributed by atoms with Crippen LogP contribution in [0.2, 0.25) is 0 Å². The van der Waals surface area contributed by atoms with Crippen molar-refractivity contribution in [1.82, 2.24) is 0 Å². The zero-order valence-corrected chi connectivity index (χ0v) is 12.1. The molecule has 0 heterocycles. The number of unbranched alkanes of at least 4 members (excludes halogenated alkanes) is 3. The Morgan fingerprint density at radius 2 is 1.75 bits per heavy atom. The van der Waals surface area contributed by atoms with Crippen LogP contribution in [0.5, 0.6) is 0 Å². The van der Waals surface area contributed by atoms with Crippen LogP contribution in [0.15, 0.2) is 0 Å². The van der Waals surface area contributed by atoms with Gasteiger partial charge < -0.3 is 4.74 Å². The molecule has 0 fully saturated rings. The van der Waals surface area contributed by atoms with Crippen LogP contribution in [0.1, 0.15) is 52.4 Å². The molecular weight excluding hydrogens is 240 g/mol. The van der Waals surface area contributed by atoms with Gasteiger partial charge in [0.1, 0.15) is 6.61 Å². The maximum atomic E-state index is 11.0. The minimum absolute atomic E-state index is 0.0592. The van der Waals surface area contributed by atoms with E-state index in [9.17, 15) is 4.79 Å². The Bertz CT molecular complexity index is 163. The minimum atomic E-state index is -0.0592. The molecule has 0 amide bonds. The van der Waals surface area contributed by atoms with E-state index in [4.69, 9.17) is 4.74 Å². The van der Waals surface area contributed by atoms with Crippen molar-refractivity contribution in [3.05, 3.63) is 0 Å². The number of rotatable bonds is 11. The van der Waals surface area contributed by atoms with Crippen LogP contribution in [-0.4, -0.2) is 24.1 Å². The normalized spacial score (nSPS) is 10.4. The second kappa shape index (κ2) is 13.2. The number of carbonyl (C=O) groups excluding carboxylic acids is 1. The largest absolute Gasteiger partial charge is 0.465 e. The third kappa shape index (κ3) is 12.2. The molecule has 4 heteroatoms. The van der Waals surface area contributed by atoms with Crippen LogP contribution in [-0.2, 0) is 9.53 Å². The number of ether oxygens (including phenoxy) is 1.